The second-order valence-electron chi connectivity index (χ2n) is 5.09. The zero-order valence-corrected chi connectivity index (χ0v) is 13.3. The van der Waals surface area contributed by atoms with Crippen molar-refractivity contribution in [3.8, 4) is 0 Å². The van der Waals surface area contributed by atoms with Crippen LogP contribution in [0, 0.1) is 0 Å². The second-order valence-corrected chi connectivity index (χ2v) is 5.09. The molecule has 0 fully saturated rings. The number of hydrogen-bond acceptors (Lipinski definition) is 4. The van der Waals surface area contributed by atoms with Gasteiger partial charge >= 0.3 is 0 Å². The van der Waals surface area contributed by atoms with Gasteiger partial charge in [-0.2, -0.15) is 0 Å². The monoisotopic (exact) mass is 306 g/mol. The molecule has 4 nitrogen and oxygen atoms in total. The zero-order chi connectivity index (χ0) is 16.2. The molecule has 0 aromatic carbocycles. The Bertz CT molecular complexity index is 579. The van der Waals surface area contributed by atoms with E-state index in [2.05, 4.69) is 44.8 Å². The number of aromatic nitrogens is 2. The maximum Gasteiger partial charge on any atom is 0.0544 e. The van der Waals surface area contributed by atoms with E-state index >= 15 is 0 Å². The summed E-state index contributed by atoms with van der Waals surface area (Å²) >= 11 is 0. The summed E-state index contributed by atoms with van der Waals surface area (Å²) in [6.07, 6.45) is 12.3. The average Bonchev–Trinajstić information content (AvgIpc) is 2.60. The summed E-state index contributed by atoms with van der Waals surface area (Å²) in [5.41, 5.74) is 2.14. The van der Waals surface area contributed by atoms with Crippen LogP contribution in [0.4, 0.5) is 0 Å². The quantitative estimate of drug-likeness (QED) is 0.524. The van der Waals surface area contributed by atoms with Gasteiger partial charge in [-0.15, -0.1) is 0 Å². The predicted octanol–water partition coefficient (Wildman–Crippen LogP) is 3.64. The van der Waals surface area contributed by atoms with Crippen molar-refractivity contribution < 1.29 is 0 Å². The Morgan fingerprint density at radius 3 is 2.13 bits per heavy atom. The molecule has 0 unspecified atom stereocenters. The van der Waals surface area contributed by atoms with Crippen LogP contribution < -0.4 is 0 Å². The van der Waals surface area contributed by atoms with Gasteiger partial charge in [-0.05, 0) is 43.5 Å². The molecule has 4 heteroatoms. The molecular weight excluding hydrogens is 284 g/mol. The molecule has 2 rings (SSSR count). The van der Waals surface area contributed by atoms with Crippen molar-refractivity contribution >= 4 is 6.72 Å². The first-order valence-electron chi connectivity index (χ1n) is 7.68. The minimum absolute atomic E-state index is 0.815. The van der Waals surface area contributed by atoms with Crippen molar-refractivity contribution in [2.75, 3.05) is 6.54 Å². The van der Waals surface area contributed by atoms with Crippen molar-refractivity contribution in [3.05, 3.63) is 84.6 Å². The summed E-state index contributed by atoms with van der Waals surface area (Å²) in [6.45, 7) is 5.98. The fourth-order valence-corrected chi connectivity index (χ4v) is 2.20. The highest BCUT2D eigenvalue weighted by Crippen LogP contribution is 2.07. The molecule has 0 aliphatic heterocycles. The highest BCUT2D eigenvalue weighted by molar-refractivity contribution is 5.26. The minimum Gasteiger partial charge on any atom is -0.291 e. The minimum atomic E-state index is 0.815. The Kier molecular flexibility index (Phi) is 7.43. The van der Waals surface area contributed by atoms with E-state index in [1.54, 1.807) is 6.20 Å². The Morgan fingerprint density at radius 2 is 1.61 bits per heavy atom. The Labute approximate surface area is 137 Å². The van der Waals surface area contributed by atoms with Gasteiger partial charge < -0.3 is 0 Å². The van der Waals surface area contributed by atoms with Gasteiger partial charge in [0.25, 0.3) is 0 Å². The molecular formula is C19H22N4. The molecule has 23 heavy (non-hydrogen) atoms. The fourth-order valence-electron chi connectivity index (χ4n) is 2.20. The van der Waals surface area contributed by atoms with Crippen molar-refractivity contribution in [2.45, 2.75) is 19.5 Å². The van der Waals surface area contributed by atoms with E-state index in [4.69, 9.17) is 0 Å². The van der Waals surface area contributed by atoms with Crippen LogP contribution in [0.15, 0.2) is 78.2 Å². The summed E-state index contributed by atoms with van der Waals surface area (Å²) in [4.78, 5) is 14.9. The standard InChI is InChI=1S/C19H22N4/c1-20-12-6-2-3-9-15-23(16-18-10-4-7-13-21-18)17-19-11-5-8-14-22-19/h2-8,10-14H,1,9,15-17H2/b3-2-,12-6-. The zero-order valence-electron chi connectivity index (χ0n) is 13.3. The molecule has 2 aromatic heterocycles. The second kappa shape index (κ2) is 10.2. The van der Waals surface area contributed by atoms with E-state index in [0.717, 1.165) is 37.4 Å². The summed E-state index contributed by atoms with van der Waals surface area (Å²) in [7, 11) is 0. The number of nitrogens with zero attached hydrogens (tertiary/aromatic N) is 4. The van der Waals surface area contributed by atoms with Crippen molar-refractivity contribution in [1.82, 2.24) is 14.9 Å². The van der Waals surface area contributed by atoms with Gasteiger partial charge in [0.2, 0.25) is 0 Å². The maximum atomic E-state index is 4.42. The third-order valence-electron chi connectivity index (χ3n) is 3.27. The molecule has 0 spiro atoms. The van der Waals surface area contributed by atoms with Gasteiger partial charge in [0.15, 0.2) is 0 Å². The molecule has 0 amide bonds. The molecule has 0 bridgehead atoms. The number of pyridine rings is 2. The first-order valence-corrected chi connectivity index (χ1v) is 7.68. The Hall–Kier alpha value is -2.59. The van der Waals surface area contributed by atoms with Gasteiger partial charge in [0.1, 0.15) is 0 Å². The van der Waals surface area contributed by atoms with E-state index in [9.17, 15) is 0 Å². The van der Waals surface area contributed by atoms with Crippen LogP contribution in [0.2, 0.25) is 0 Å². The Balaban J connectivity index is 1.94. The average molecular weight is 306 g/mol. The van der Waals surface area contributed by atoms with Crippen LogP contribution in [0.1, 0.15) is 17.8 Å². The maximum absolute atomic E-state index is 4.42. The molecule has 0 saturated carbocycles. The first-order chi connectivity index (χ1) is 11.4. The number of rotatable bonds is 9. The largest absolute Gasteiger partial charge is 0.291 e. The van der Waals surface area contributed by atoms with Gasteiger partial charge in [-0.3, -0.25) is 19.9 Å². The molecule has 0 N–H and O–H groups in total. The van der Waals surface area contributed by atoms with E-state index < -0.39 is 0 Å². The van der Waals surface area contributed by atoms with Crippen LogP contribution in [0.5, 0.6) is 0 Å². The summed E-state index contributed by atoms with van der Waals surface area (Å²) < 4.78 is 0. The molecule has 118 valence electrons. The molecule has 2 heterocycles. The molecule has 0 atom stereocenters. The lowest BCUT2D eigenvalue weighted by atomic mass is 10.2. The summed E-state index contributed by atoms with van der Waals surface area (Å²) in [6, 6.07) is 12.0. The van der Waals surface area contributed by atoms with Gasteiger partial charge in [-0.1, -0.05) is 24.3 Å². The lowest BCUT2D eigenvalue weighted by Gasteiger charge is -2.20. The lowest BCUT2D eigenvalue weighted by molar-refractivity contribution is 0.255. The van der Waals surface area contributed by atoms with Crippen LogP contribution in [-0.4, -0.2) is 28.1 Å². The van der Waals surface area contributed by atoms with Crippen molar-refractivity contribution in [3.63, 3.8) is 0 Å². The van der Waals surface area contributed by atoms with E-state index in [1.807, 2.05) is 48.8 Å². The smallest absolute Gasteiger partial charge is 0.0544 e. The fraction of sp³-hybridized carbons (Fsp3) is 0.211. The van der Waals surface area contributed by atoms with Crippen LogP contribution in [-0.2, 0) is 13.1 Å². The normalized spacial score (nSPS) is 11.5. The molecule has 0 aliphatic carbocycles. The number of allylic oxidation sites excluding steroid dienone is 2. The van der Waals surface area contributed by atoms with E-state index in [1.165, 1.54) is 0 Å². The van der Waals surface area contributed by atoms with Crippen molar-refractivity contribution in [2.24, 2.45) is 4.99 Å². The Morgan fingerprint density at radius 1 is 0.957 bits per heavy atom. The van der Waals surface area contributed by atoms with Gasteiger partial charge in [-0.25, -0.2) is 0 Å². The topological polar surface area (TPSA) is 41.4 Å². The van der Waals surface area contributed by atoms with Crippen molar-refractivity contribution in [1.29, 1.82) is 0 Å². The third-order valence-corrected chi connectivity index (χ3v) is 3.27. The number of aliphatic imine (C=N–C) groups is 1. The predicted molar refractivity (Wildman–Crippen MR) is 95.0 cm³/mol. The van der Waals surface area contributed by atoms with E-state index in [0.29, 0.717) is 0 Å². The van der Waals surface area contributed by atoms with E-state index in [-0.39, 0.29) is 0 Å². The summed E-state index contributed by atoms with van der Waals surface area (Å²) in [5, 5.41) is 0. The molecule has 0 radical (unpaired) electrons. The molecule has 2 aromatic rings. The first kappa shape index (κ1) is 16.8. The molecule has 0 saturated heterocycles. The van der Waals surface area contributed by atoms with Gasteiger partial charge in [0.05, 0.1) is 11.4 Å². The summed E-state index contributed by atoms with van der Waals surface area (Å²) in [5.74, 6) is 0. The van der Waals surface area contributed by atoms with Crippen LogP contribution in [0.3, 0.4) is 0 Å². The van der Waals surface area contributed by atoms with Crippen LogP contribution >= 0.6 is 0 Å². The number of hydrogen-bond donors (Lipinski definition) is 0. The van der Waals surface area contributed by atoms with Gasteiger partial charge in [0, 0.05) is 38.2 Å². The highest BCUT2D eigenvalue weighted by atomic mass is 15.1. The lowest BCUT2D eigenvalue weighted by Crippen LogP contribution is -2.24. The van der Waals surface area contributed by atoms with Crippen LogP contribution in [0.25, 0.3) is 0 Å². The SMILES string of the molecule is C=N/C=C\C=C/CCN(Cc1ccccn1)Cc1ccccn1. The molecule has 0 aliphatic rings. The highest BCUT2D eigenvalue weighted by Gasteiger charge is 2.07. The third kappa shape index (κ3) is 6.80.